The average molecular weight is 372 g/mol. The molecule has 0 aliphatic carbocycles. The van der Waals surface area contributed by atoms with Crippen molar-refractivity contribution in [3.05, 3.63) is 77.2 Å². The lowest BCUT2D eigenvalue weighted by Crippen LogP contribution is -2.21. The number of H-pyrrole nitrogens is 1. The van der Waals surface area contributed by atoms with Crippen LogP contribution in [0.4, 0.5) is 0 Å². The minimum absolute atomic E-state index is 0.0809. The maximum Gasteiger partial charge on any atom is 0.244 e. The van der Waals surface area contributed by atoms with Gasteiger partial charge in [0.2, 0.25) is 11.8 Å². The summed E-state index contributed by atoms with van der Waals surface area (Å²) >= 11 is 0. The van der Waals surface area contributed by atoms with E-state index in [0.717, 1.165) is 34.6 Å². The Kier molecular flexibility index (Phi) is 4.73. The van der Waals surface area contributed by atoms with Gasteiger partial charge in [0.1, 0.15) is 17.4 Å². The number of hydrogen-bond donors (Lipinski definition) is 2. The summed E-state index contributed by atoms with van der Waals surface area (Å²) in [5, 5.41) is 17.1. The molecule has 2 heterocycles. The largest absolute Gasteiger partial charge is 0.494 e. The molecule has 0 radical (unpaired) electrons. The molecule has 3 N–H and O–H groups in total. The van der Waals surface area contributed by atoms with Crippen molar-refractivity contribution < 1.29 is 9.47 Å². The number of benzene rings is 2. The number of nitrogens with one attached hydrogen (secondary N) is 1. The summed E-state index contributed by atoms with van der Waals surface area (Å²) in [6.45, 7) is 2.73. The van der Waals surface area contributed by atoms with E-state index in [1.54, 1.807) is 0 Å². The Labute approximate surface area is 163 Å². The molecule has 0 bridgehead atoms. The lowest BCUT2D eigenvalue weighted by Gasteiger charge is -2.24. The van der Waals surface area contributed by atoms with Crippen molar-refractivity contribution in [3.63, 3.8) is 0 Å². The maximum absolute atomic E-state index is 9.77. The molecule has 6 heteroatoms. The first kappa shape index (κ1) is 17.7. The average Bonchev–Trinajstić information content (AvgIpc) is 3.15. The van der Waals surface area contributed by atoms with E-state index in [1.165, 1.54) is 0 Å². The third kappa shape index (κ3) is 3.08. The Morgan fingerprint density at radius 2 is 1.93 bits per heavy atom. The third-order valence-electron chi connectivity index (χ3n) is 4.69. The minimum Gasteiger partial charge on any atom is -0.494 e. The highest BCUT2D eigenvalue weighted by Crippen LogP contribution is 2.45. The highest BCUT2D eigenvalue weighted by Gasteiger charge is 2.35. The van der Waals surface area contributed by atoms with Crippen LogP contribution < -0.4 is 15.2 Å². The van der Waals surface area contributed by atoms with Crippen LogP contribution >= 0.6 is 0 Å². The van der Waals surface area contributed by atoms with Crippen molar-refractivity contribution in [2.24, 2.45) is 5.73 Å². The highest BCUT2D eigenvalue weighted by atomic mass is 16.5. The lowest BCUT2D eigenvalue weighted by molar-refractivity contribution is 0.317. The number of aromatic nitrogens is 2. The van der Waals surface area contributed by atoms with E-state index in [4.69, 9.17) is 15.2 Å². The molecule has 0 amide bonds. The van der Waals surface area contributed by atoms with Crippen molar-refractivity contribution in [1.29, 1.82) is 5.26 Å². The Hall–Kier alpha value is -3.72. The van der Waals surface area contributed by atoms with Gasteiger partial charge in [0.15, 0.2) is 0 Å². The van der Waals surface area contributed by atoms with E-state index in [9.17, 15) is 5.26 Å². The number of nitriles is 1. The van der Waals surface area contributed by atoms with Crippen LogP contribution in [0.5, 0.6) is 11.6 Å². The molecular weight excluding hydrogens is 352 g/mol. The highest BCUT2D eigenvalue weighted by molar-refractivity contribution is 5.70. The molecule has 3 aromatic rings. The van der Waals surface area contributed by atoms with Gasteiger partial charge in [-0.25, -0.2) is 0 Å². The van der Waals surface area contributed by atoms with E-state index in [0.29, 0.717) is 18.1 Å². The Morgan fingerprint density at radius 3 is 2.61 bits per heavy atom. The number of hydrogen-bond acceptors (Lipinski definition) is 5. The molecule has 0 fully saturated rings. The summed E-state index contributed by atoms with van der Waals surface area (Å²) in [5.74, 6) is 0.899. The first-order valence-corrected chi connectivity index (χ1v) is 9.17. The molecule has 6 nitrogen and oxygen atoms in total. The van der Waals surface area contributed by atoms with Gasteiger partial charge < -0.3 is 15.2 Å². The number of allylic oxidation sites excluding steroid dienone is 1. The number of ether oxygens (including phenoxy) is 2. The normalized spacial score (nSPS) is 15.5. The monoisotopic (exact) mass is 372 g/mol. The van der Waals surface area contributed by atoms with Crippen LogP contribution in [0.3, 0.4) is 0 Å². The van der Waals surface area contributed by atoms with E-state index < -0.39 is 0 Å². The zero-order valence-corrected chi connectivity index (χ0v) is 15.5. The molecule has 4 rings (SSSR count). The van der Waals surface area contributed by atoms with Gasteiger partial charge in [-0.15, -0.1) is 5.10 Å². The fourth-order valence-electron chi connectivity index (χ4n) is 3.38. The molecule has 0 saturated carbocycles. The van der Waals surface area contributed by atoms with Crippen molar-refractivity contribution in [2.75, 3.05) is 6.61 Å². The topological polar surface area (TPSA) is 96.9 Å². The molecule has 1 atom stereocenters. The van der Waals surface area contributed by atoms with Gasteiger partial charge >= 0.3 is 0 Å². The third-order valence-corrected chi connectivity index (χ3v) is 4.69. The van der Waals surface area contributed by atoms with Gasteiger partial charge in [0.25, 0.3) is 0 Å². The lowest BCUT2D eigenvalue weighted by atomic mass is 9.83. The number of fused-ring (bicyclic) bond motifs is 1. The Balaban J connectivity index is 1.82. The van der Waals surface area contributed by atoms with Crippen molar-refractivity contribution in [3.8, 4) is 29.0 Å². The summed E-state index contributed by atoms with van der Waals surface area (Å²) in [7, 11) is 0. The molecule has 2 aromatic carbocycles. The van der Waals surface area contributed by atoms with Crippen LogP contribution in [-0.4, -0.2) is 16.8 Å². The molecule has 1 aliphatic rings. The van der Waals surface area contributed by atoms with Crippen LogP contribution in [-0.2, 0) is 0 Å². The predicted molar refractivity (Wildman–Crippen MR) is 106 cm³/mol. The quantitative estimate of drug-likeness (QED) is 0.703. The van der Waals surface area contributed by atoms with Crippen LogP contribution in [0.2, 0.25) is 0 Å². The van der Waals surface area contributed by atoms with Crippen LogP contribution in [0.1, 0.15) is 30.4 Å². The van der Waals surface area contributed by atoms with Gasteiger partial charge in [-0.1, -0.05) is 49.4 Å². The molecular formula is C22H20N4O2. The summed E-state index contributed by atoms with van der Waals surface area (Å²) in [4.78, 5) is 0. The minimum atomic E-state index is -0.372. The van der Waals surface area contributed by atoms with Gasteiger partial charge in [-0.2, -0.15) is 5.26 Å². The standard InChI is InChI=1S/C22H20N4O2/c1-2-12-27-16-10-8-14(9-11-16)18-17(13-23)21(24)28-22-19(18)20(25-26-22)15-6-4-3-5-7-15/h3-11,18H,2,12,24H2,1H3,(H,25,26). The second kappa shape index (κ2) is 7.49. The van der Waals surface area contributed by atoms with Crippen molar-refractivity contribution in [1.82, 2.24) is 10.2 Å². The van der Waals surface area contributed by atoms with Crippen LogP contribution in [0, 0.1) is 11.3 Å². The summed E-state index contributed by atoms with van der Waals surface area (Å²) in [6, 6.07) is 19.8. The molecule has 1 unspecified atom stereocenters. The molecule has 1 aromatic heterocycles. The molecule has 28 heavy (non-hydrogen) atoms. The first-order chi connectivity index (χ1) is 13.7. The fourth-order valence-corrected chi connectivity index (χ4v) is 3.38. The first-order valence-electron chi connectivity index (χ1n) is 9.17. The van der Waals surface area contributed by atoms with E-state index in [2.05, 4.69) is 23.2 Å². The smallest absolute Gasteiger partial charge is 0.244 e. The summed E-state index contributed by atoms with van der Waals surface area (Å²) in [6.07, 6.45) is 0.943. The van der Waals surface area contributed by atoms with Gasteiger partial charge in [-0.05, 0) is 29.7 Å². The Bertz CT molecular complexity index is 1050. The van der Waals surface area contributed by atoms with E-state index >= 15 is 0 Å². The van der Waals surface area contributed by atoms with Gasteiger partial charge in [-0.3, -0.25) is 5.10 Å². The second-order valence-corrected chi connectivity index (χ2v) is 6.53. The van der Waals surface area contributed by atoms with Gasteiger partial charge in [0.05, 0.1) is 23.8 Å². The maximum atomic E-state index is 9.77. The molecule has 0 saturated heterocycles. The number of aromatic amines is 1. The summed E-state index contributed by atoms with van der Waals surface area (Å²) < 4.78 is 11.3. The number of nitrogens with zero attached hydrogens (tertiary/aromatic N) is 2. The van der Waals surface area contributed by atoms with Gasteiger partial charge in [0, 0.05) is 0 Å². The zero-order valence-electron chi connectivity index (χ0n) is 15.5. The van der Waals surface area contributed by atoms with Crippen molar-refractivity contribution >= 4 is 0 Å². The Morgan fingerprint density at radius 1 is 1.18 bits per heavy atom. The predicted octanol–water partition coefficient (Wildman–Crippen LogP) is 4.08. The second-order valence-electron chi connectivity index (χ2n) is 6.53. The number of nitrogens with two attached hydrogens (primary N) is 1. The van der Waals surface area contributed by atoms with Crippen molar-refractivity contribution in [2.45, 2.75) is 19.3 Å². The summed E-state index contributed by atoms with van der Waals surface area (Å²) in [5.41, 5.74) is 9.90. The molecule has 140 valence electrons. The van der Waals surface area contributed by atoms with Crippen LogP contribution in [0.25, 0.3) is 11.3 Å². The number of rotatable bonds is 5. The molecule has 0 spiro atoms. The van der Waals surface area contributed by atoms with E-state index in [1.807, 2.05) is 54.6 Å². The fraction of sp³-hybridized carbons (Fsp3) is 0.182. The zero-order chi connectivity index (χ0) is 19.5. The SMILES string of the molecule is CCCOc1ccc(C2C(C#N)=C(N)Oc3n[nH]c(-c4ccccc4)c32)cc1. The molecule has 1 aliphatic heterocycles. The van der Waals surface area contributed by atoms with Crippen LogP contribution in [0.15, 0.2) is 66.1 Å². The van der Waals surface area contributed by atoms with E-state index in [-0.39, 0.29) is 11.8 Å².